The normalized spacial score (nSPS) is 23.9. The standard InChI is InChI=1S/C14H22N2OS/c1-3-16(11-12-7-6-10-18-12)13(17)14(2)8-4-5-9-15-14/h6-7,10,15H,3-5,8-9,11H2,1-2H3. The number of nitrogens with zero attached hydrogens (tertiary/aromatic N) is 1. The first-order valence-corrected chi connectivity index (χ1v) is 7.60. The maximum Gasteiger partial charge on any atom is 0.242 e. The van der Waals surface area contributed by atoms with Crippen LogP contribution in [0.2, 0.25) is 0 Å². The number of carbonyl (C=O) groups is 1. The van der Waals surface area contributed by atoms with Crippen molar-refractivity contribution in [1.82, 2.24) is 10.2 Å². The molecule has 1 aliphatic heterocycles. The second-order valence-corrected chi connectivity index (χ2v) is 6.15. The largest absolute Gasteiger partial charge is 0.336 e. The van der Waals surface area contributed by atoms with Crippen LogP contribution in [0.1, 0.15) is 38.0 Å². The lowest BCUT2D eigenvalue weighted by Crippen LogP contribution is -2.57. The van der Waals surface area contributed by atoms with Gasteiger partial charge in [0, 0.05) is 11.4 Å². The number of rotatable bonds is 4. The lowest BCUT2D eigenvalue weighted by molar-refractivity contribution is -0.139. The van der Waals surface area contributed by atoms with Gasteiger partial charge in [0.05, 0.1) is 12.1 Å². The SMILES string of the molecule is CCN(Cc1cccs1)C(=O)C1(C)CCCCN1. The molecule has 1 N–H and O–H groups in total. The fourth-order valence-corrected chi connectivity index (χ4v) is 3.23. The lowest BCUT2D eigenvalue weighted by atomic mass is 9.89. The van der Waals surface area contributed by atoms with Crippen LogP contribution >= 0.6 is 11.3 Å². The summed E-state index contributed by atoms with van der Waals surface area (Å²) in [6.07, 6.45) is 3.28. The zero-order chi connectivity index (χ0) is 13.0. The summed E-state index contributed by atoms with van der Waals surface area (Å²) in [6, 6.07) is 4.14. The minimum Gasteiger partial charge on any atom is -0.336 e. The fraction of sp³-hybridized carbons (Fsp3) is 0.643. The van der Waals surface area contributed by atoms with Gasteiger partial charge in [-0.25, -0.2) is 0 Å². The maximum atomic E-state index is 12.6. The molecular formula is C14H22N2OS. The second kappa shape index (κ2) is 5.85. The van der Waals surface area contributed by atoms with Crippen LogP contribution in [0, 0.1) is 0 Å². The molecule has 0 saturated carbocycles. The fourth-order valence-electron chi connectivity index (χ4n) is 2.51. The van der Waals surface area contributed by atoms with Crippen molar-refractivity contribution in [2.45, 2.75) is 45.2 Å². The predicted octanol–water partition coefficient (Wildman–Crippen LogP) is 2.63. The van der Waals surface area contributed by atoms with Crippen molar-refractivity contribution in [2.24, 2.45) is 0 Å². The van der Waals surface area contributed by atoms with Gasteiger partial charge in [0.15, 0.2) is 0 Å². The minimum absolute atomic E-state index is 0.248. The number of thiophene rings is 1. The van der Waals surface area contributed by atoms with E-state index in [9.17, 15) is 4.79 Å². The van der Waals surface area contributed by atoms with Gasteiger partial charge in [-0.2, -0.15) is 0 Å². The van der Waals surface area contributed by atoms with Crippen molar-refractivity contribution in [3.05, 3.63) is 22.4 Å². The van der Waals surface area contributed by atoms with Crippen LogP contribution in [0.15, 0.2) is 17.5 Å². The van der Waals surface area contributed by atoms with E-state index in [1.165, 1.54) is 11.3 Å². The Morgan fingerprint density at radius 1 is 1.56 bits per heavy atom. The van der Waals surface area contributed by atoms with Gasteiger partial charge in [0.25, 0.3) is 0 Å². The Balaban J connectivity index is 2.04. The van der Waals surface area contributed by atoms with Gasteiger partial charge in [-0.15, -0.1) is 11.3 Å². The Bertz CT molecular complexity index is 383. The Labute approximate surface area is 113 Å². The molecule has 18 heavy (non-hydrogen) atoms. The van der Waals surface area contributed by atoms with E-state index >= 15 is 0 Å². The molecule has 0 aliphatic carbocycles. The molecule has 1 aliphatic rings. The van der Waals surface area contributed by atoms with E-state index in [0.29, 0.717) is 0 Å². The van der Waals surface area contributed by atoms with E-state index in [1.54, 1.807) is 11.3 Å². The van der Waals surface area contributed by atoms with E-state index in [0.717, 1.165) is 32.5 Å². The number of hydrogen-bond acceptors (Lipinski definition) is 3. The molecule has 1 aromatic heterocycles. The summed E-state index contributed by atoms with van der Waals surface area (Å²) in [4.78, 5) is 15.9. The van der Waals surface area contributed by atoms with Gasteiger partial charge in [0.1, 0.15) is 0 Å². The Kier molecular flexibility index (Phi) is 4.40. The molecule has 4 heteroatoms. The van der Waals surface area contributed by atoms with Gasteiger partial charge in [-0.3, -0.25) is 4.79 Å². The van der Waals surface area contributed by atoms with Crippen LogP contribution in [0.25, 0.3) is 0 Å². The first-order chi connectivity index (χ1) is 8.65. The highest BCUT2D eigenvalue weighted by molar-refractivity contribution is 7.09. The molecule has 1 fully saturated rings. The predicted molar refractivity (Wildman–Crippen MR) is 75.7 cm³/mol. The highest BCUT2D eigenvalue weighted by Gasteiger charge is 2.36. The van der Waals surface area contributed by atoms with Crippen LogP contribution in [0.3, 0.4) is 0 Å². The monoisotopic (exact) mass is 266 g/mol. The van der Waals surface area contributed by atoms with E-state index in [-0.39, 0.29) is 11.4 Å². The van der Waals surface area contributed by atoms with E-state index < -0.39 is 0 Å². The summed E-state index contributed by atoms with van der Waals surface area (Å²) < 4.78 is 0. The average molecular weight is 266 g/mol. The molecule has 100 valence electrons. The third-order valence-corrected chi connectivity index (χ3v) is 4.55. The molecule has 2 heterocycles. The Morgan fingerprint density at radius 2 is 2.39 bits per heavy atom. The van der Waals surface area contributed by atoms with Gasteiger partial charge < -0.3 is 10.2 Å². The molecule has 0 radical (unpaired) electrons. The van der Waals surface area contributed by atoms with Gasteiger partial charge in [-0.05, 0) is 51.1 Å². The molecule has 0 spiro atoms. The highest BCUT2D eigenvalue weighted by Crippen LogP contribution is 2.23. The topological polar surface area (TPSA) is 32.3 Å². The van der Waals surface area contributed by atoms with Gasteiger partial charge in [-0.1, -0.05) is 6.07 Å². The quantitative estimate of drug-likeness (QED) is 0.908. The summed E-state index contributed by atoms with van der Waals surface area (Å²) in [6.45, 7) is 6.57. The van der Waals surface area contributed by atoms with Crippen molar-refractivity contribution >= 4 is 17.2 Å². The highest BCUT2D eigenvalue weighted by atomic mass is 32.1. The minimum atomic E-state index is -0.356. The smallest absolute Gasteiger partial charge is 0.242 e. The van der Waals surface area contributed by atoms with E-state index in [1.807, 2.05) is 17.9 Å². The third kappa shape index (κ3) is 2.93. The number of nitrogens with one attached hydrogen (secondary N) is 1. The van der Waals surface area contributed by atoms with Crippen LogP contribution in [-0.2, 0) is 11.3 Å². The number of likely N-dealkylation sites (N-methyl/N-ethyl adjacent to an activating group) is 1. The zero-order valence-corrected chi connectivity index (χ0v) is 12.1. The molecule has 1 aromatic rings. The number of piperidine rings is 1. The number of hydrogen-bond donors (Lipinski definition) is 1. The Hall–Kier alpha value is -0.870. The first kappa shape index (κ1) is 13.6. The molecule has 1 saturated heterocycles. The van der Waals surface area contributed by atoms with Crippen LogP contribution < -0.4 is 5.32 Å². The summed E-state index contributed by atoms with van der Waals surface area (Å²) in [5, 5.41) is 5.47. The lowest BCUT2D eigenvalue weighted by Gasteiger charge is -2.37. The molecule has 1 amide bonds. The van der Waals surface area contributed by atoms with Crippen molar-refractivity contribution < 1.29 is 4.79 Å². The van der Waals surface area contributed by atoms with E-state index in [2.05, 4.69) is 23.7 Å². The zero-order valence-electron chi connectivity index (χ0n) is 11.2. The first-order valence-electron chi connectivity index (χ1n) is 6.72. The van der Waals surface area contributed by atoms with Crippen molar-refractivity contribution in [3.63, 3.8) is 0 Å². The maximum absolute atomic E-state index is 12.6. The van der Waals surface area contributed by atoms with Crippen LogP contribution in [-0.4, -0.2) is 29.4 Å². The second-order valence-electron chi connectivity index (χ2n) is 5.11. The number of carbonyl (C=O) groups excluding carboxylic acids is 1. The van der Waals surface area contributed by atoms with Crippen molar-refractivity contribution in [1.29, 1.82) is 0 Å². The molecular weight excluding hydrogens is 244 g/mol. The van der Waals surface area contributed by atoms with E-state index in [4.69, 9.17) is 0 Å². The van der Waals surface area contributed by atoms with Gasteiger partial charge >= 0.3 is 0 Å². The summed E-state index contributed by atoms with van der Waals surface area (Å²) in [7, 11) is 0. The molecule has 0 aromatic carbocycles. The Morgan fingerprint density at radius 3 is 2.94 bits per heavy atom. The average Bonchev–Trinajstić information content (AvgIpc) is 2.89. The van der Waals surface area contributed by atoms with Gasteiger partial charge in [0.2, 0.25) is 5.91 Å². The van der Waals surface area contributed by atoms with Crippen molar-refractivity contribution in [3.8, 4) is 0 Å². The molecule has 0 bridgehead atoms. The summed E-state index contributed by atoms with van der Waals surface area (Å²) in [5.41, 5.74) is -0.356. The van der Waals surface area contributed by atoms with Crippen LogP contribution in [0.4, 0.5) is 0 Å². The third-order valence-electron chi connectivity index (χ3n) is 3.69. The molecule has 3 nitrogen and oxygen atoms in total. The summed E-state index contributed by atoms with van der Waals surface area (Å²) >= 11 is 1.72. The number of amides is 1. The molecule has 2 rings (SSSR count). The molecule has 1 atom stereocenters. The van der Waals surface area contributed by atoms with Crippen molar-refractivity contribution in [2.75, 3.05) is 13.1 Å². The summed E-state index contributed by atoms with van der Waals surface area (Å²) in [5.74, 6) is 0.248. The molecule has 1 unspecified atom stereocenters. The van der Waals surface area contributed by atoms with Crippen LogP contribution in [0.5, 0.6) is 0 Å².